The van der Waals surface area contributed by atoms with E-state index in [1.54, 1.807) is 16.7 Å². The highest BCUT2D eigenvalue weighted by atomic mass is 16.2. The van der Waals surface area contributed by atoms with Gasteiger partial charge in [-0.3, -0.25) is 9.59 Å². The second kappa shape index (κ2) is 10.5. The normalized spacial score (nSPS) is 10.5. The summed E-state index contributed by atoms with van der Waals surface area (Å²) < 4.78 is 0. The van der Waals surface area contributed by atoms with Gasteiger partial charge in [0.15, 0.2) is 0 Å². The van der Waals surface area contributed by atoms with Crippen molar-refractivity contribution in [2.24, 2.45) is 0 Å². The van der Waals surface area contributed by atoms with Crippen LogP contribution in [0.25, 0.3) is 0 Å². The van der Waals surface area contributed by atoms with E-state index in [0.717, 1.165) is 24.1 Å². The highest BCUT2D eigenvalue weighted by Crippen LogP contribution is 2.17. The van der Waals surface area contributed by atoms with Crippen molar-refractivity contribution in [1.29, 1.82) is 0 Å². The Morgan fingerprint density at radius 3 is 2.33 bits per heavy atom. The van der Waals surface area contributed by atoms with Crippen LogP contribution >= 0.6 is 0 Å². The van der Waals surface area contributed by atoms with Gasteiger partial charge in [-0.05, 0) is 49.9 Å². The van der Waals surface area contributed by atoms with Crippen LogP contribution in [0.3, 0.4) is 0 Å². The molecule has 4 nitrogen and oxygen atoms in total. The van der Waals surface area contributed by atoms with E-state index in [0.29, 0.717) is 26.1 Å². The van der Waals surface area contributed by atoms with E-state index in [-0.39, 0.29) is 11.8 Å². The van der Waals surface area contributed by atoms with E-state index in [4.69, 9.17) is 0 Å². The molecule has 0 N–H and O–H groups in total. The summed E-state index contributed by atoms with van der Waals surface area (Å²) in [5, 5.41) is 0. The Balaban J connectivity index is 1.88. The lowest BCUT2D eigenvalue weighted by Gasteiger charge is -2.25. The minimum atomic E-state index is 0.0227. The molecule has 0 aliphatic carbocycles. The van der Waals surface area contributed by atoms with Crippen molar-refractivity contribution >= 4 is 17.5 Å². The lowest BCUT2D eigenvalue weighted by atomic mass is 10.1. The number of carbonyl (C=O) groups is 2. The first-order chi connectivity index (χ1) is 13.0. The number of amides is 2. The van der Waals surface area contributed by atoms with Crippen molar-refractivity contribution in [2.75, 3.05) is 24.5 Å². The molecule has 2 aromatic rings. The maximum Gasteiger partial charge on any atom is 0.228 e. The molecule has 144 valence electrons. The van der Waals surface area contributed by atoms with Gasteiger partial charge in [-0.15, -0.1) is 0 Å². The minimum absolute atomic E-state index is 0.0227. The summed E-state index contributed by atoms with van der Waals surface area (Å²) in [5.74, 6) is 0.0758. The fraction of sp³-hybridized carbons (Fsp3) is 0.391. The second-order valence-electron chi connectivity index (χ2n) is 6.82. The summed E-state index contributed by atoms with van der Waals surface area (Å²) in [6.07, 6.45) is 2.17. The Kier molecular flexibility index (Phi) is 8.05. The molecule has 27 heavy (non-hydrogen) atoms. The van der Waals surface area contributed by atoms with E-state index in [9.17, 15) is 9.59 Å². The molecule has 2 rings (SSSR count). The van der Waals surface area contributed by atoms with E-state index < -0.39 is 0 Å². The predicted octanol–water partition coefficient (Wildman–Crippen LogP) is 4.22. The van der Waals surface area contributed by atoms with Crippen LogP contribution in [-0.2, 0) is 16.0 Å². The molecule has 0 atom stereocenters. The zero-order chi connectivity index (χ0) is 19.6. The smallest absolute Gasteiger partial charge is 0.228 e. The van der Waals surface area contributed by atoms with Crippen LogP contribution in [0.2, 0.25) is 0 Å². The third kappa shape index (κ3) is 6.55. The highest BCUT2D eigenvalue weighted by Gasteiger charge is 2.16. The molecule has 0 aliphatic rings. The third-order valence-corrected chi connectivity index (χ3v) is 4.71. The van der Waals surface area contributed by atoms with Crippen molar-refractivity contribution in [3.05, 3.63) is 65.7 Å². The summed E-state index contributed by atoms with van der Waals surface area (Å²) in [5.41, 5.74) is 3.32. The van der Waals surface area contributed by atoms with E-state index in [1.165, 1.54) is 5.56 Å². The average Bonchev–Trinajstić information content (AvgIpc) is 2.65. The Hall–Kier alpha value is -2.62. The van der Waals surface area contributed by atoms with Gasteiger partial charge in [0.1, 0.15) is 0 Å². The monoisotopic (exact) mass is 366 g/mol. The molecule has 0 saturated heterocycles. The molecule has 4 heteroatoms. The minimum Gasteiger partial charge on any atom is -0.342 e. The van der Waals surface area contributed by atoms with Crippen LogP contribution in [0.15, 0.2) is 54.6 Å². The first kappa shape index (κ1) is 20.7. The van der Waals surface area contributed by atoms with Gasteiger partial charge in [-0.2, -0.15) is 0 Å². The van der Waals surface area contributed by atoms with Crippen LogP contribution in [0.1, 0.15) is 37.8 Å². The Labute approximate surface area is 162 Å². The highest BCUT2D eigenvalue weighted by molar-refractivity contribution is 5.93. The number of aryl methyl sites for hydroxylation is 2. The number of carbonyl (C=O) groups excluding carboxylic acids is 2. The molecule has 0 unspecified atom stereocenters. The Morgan fingerprint density at radius 1 is 0.963 bits per heavy atom. The van der Waals surface area contributed by atoms with Crippen LogP contribution < -0.4 is 4.90 Å². The zero-order valence-electron chi connectivity index (χ0n) is 16.6. The molecular formula is C23H30N2O2. The number of hydrogen-bond donors (Lipinski definition) is 0. The maximum absolute atomic E-state index is 12.7. The van der Waals surface area contributed by atoms with Crippen molar-refractivity contribution in [3.8, 4) is 0 Å². The van der Waals surface area contributed by atoms with Gasteiger partial charge in [0.2, 0.25) is 11.8 Å². The lowest BCUT2D eigenvalue weighted by molar-refractivity contribution is -0.129. The van der Waals surface area contributed by atoms with Crippen LogP contribution in [-0.4, -0.2) is 36.3 Å². The maximum atomic E-state index is 12.7. The molecule has 0 aliphatic heterocycles. The van der Waals surface area contributed by atoms with Gasteiger partial charge in [0.05, 0.1) is 0 Å². The van der Waals surface area contributed by atoms with Crippen LogP contribution in [0.5, 0.6) is 0 Å². The standard InChI is InChI=1S/C23H30N2O2/c1-4-25(22-14-8-10-19(2)18-22)23(27)15-17-24(20(3)26)16-9-13-21-11-6-5-7-12-21/h5-8,10-12,14,18H,4,9,13,15-17H2,1-3H3. The van der Waals surface area contributed by atoms with Gasteiger partial charge in [-0.25, -0.2) is 0 Å². The summed E-state index contributed by atoms with van der Waals surface area (Å²) >= 11 is 0. The molecule has 0 bridgehead atoms. The zero-order valence-corrected chi connectivity index (χ0v) is 16.6. The number of benzene rings is 2. The summed E-state index contributed by atoms with van der Waals surface area (Å²) in [4.78, 5) is 28.2. The molecule has 2 aromatic carbocycles. The van der Waals surface area contributed by atoms with Gasteiger partial charge in [0, 0.05) is 38.7 Å². The van der Waals surface area contributed by atoms with E-state index >= 15 is 0 Å². The van der Waals surface area contributed by atoms with E-state index in [2.05, 4.69) is 12.1 Å². The average molecular weight is 367 g/mol. The van der Waals surface area contributed by atoms with Gasteiger partial charge >= 0.3 is 0 Å². The first-order valence-electron chi connectivity index (χ1n) is 9.67. The number of anilines is 1. The topological polar surface area (TPSA) is 40.6 Å². The summed E-state index contributed by atoms with van der Waals surface area (Å²) in [6, 6.07) is 18.2. The quantitative estimate of drug-likeness (QED) is 0.667. The number of rotatable bonds is 9. The second-order valence-corrected chi connectivity index (χ2v) is 6.82. The van der Waals surface area contributed by atoms with Gasteiger partial charge < -0.3 is 9.80 Å². The van der Waals surface area contributed by atoms with Gasteiger partial charge in [-0.1, -0.05) is 42.5 Å². The van der Waals surface area contributed by atoms with Crippen molar-refractivity contribution in [2.45, 2.75) is 40.0 Å². The van der Waals surface area contributed by atoms with Crippen molar-refractivity contribution in [1.82, 2.24) is 4.90 Å². The fourth-order valence-corrected chi connectivity index (χ4v) is 3.21. The summed E-state index contributed by atoms with van der Waals surface area (Å²) in [6.45, 7) is 7.33. The number of hydrogen-bond acceptors (Lipinski definition) is 2. The summed E-state index contributed by atoms with van der Waals surface area (Å²) in [7, 11) is 0. The van der Waals surface area contributed by atoms with Crippen molar-refractivity contribution < 1.29 is 9.59 Å². The van der Waals surface area contributed by atoms with E-state index in [1.807, 2.05) is 56.3 Å². The molecule has 2 amide bonds. The molecular weight excluding hydrogens is 336 g/mol. The molecule has 0 saturated carbocycles. The SMILES string of the molecule is CCN(C(=O)CCN(CCCc1ccccc1)C(C)=O)c1cccc(C)c1. The molecule has 0 aromatic heterocycles. The van der Waals surface area contributed by atoms with Crippen LogP contribution in [0, 0.1) is 6.92 Å². The van der Waals surface area contributed by atoms with Gasteiger partial charge in [0.25, 0.3) is 0 Å². The molecule has 0 fully saturated rings. The molecule has 0 spiro atoms. The fourth-order valence-electron chi connectivity index (χ4n) is 3.21. The predicted molar refractivity (Wildman–Crippen MR) is 111 cm³/mol. The lowest BCUT2D eigenvalue weighted by Crippen LogP contribution is -2.37. The van der Waals surface area contributed by atoms with Crippen LogP contribution in [0.4, 0.5) is 5.69 Å². The third-order valence-electron chi connectivity index (χ3n) is 4.71. The Morgan fingerprint density at radius 2 is 1.70 bits per heavy atom. The largest absolute Gasteiger partial charge is 0.342 e. The molecule has 0 radical (unpaired) electrons. The Bertz CT molecular complexity index is 743. The number of nitrogens with zero attached hydrogens (tertiary/aromatic N) is 2. The first-order valence-corrected chi connectivity index (χ1v) is 9.67. The molecule has 0 heterocycles. The van der Waals surface area contributed by atoms with Crippen molar-refractivity contribution in [3.63, 3.8) is 0 Å².